The standard InChI is InChI=1S/C20H19N3O2S/c1-11-3-8-15-16(9-11)26-20-17(15)19(24)22-18(23-20)12(2)25-14-6-4-13(10-21)5-7-14/h4-7,11-12H,3,8-9H2,1-2H3,(H,22,23,24)/t11-,12-/m1/s1. The largest absolute Gasteiger partial charge is 0.483 e. The molecule has 0 spiro atoms. The van der Waals surface area contributed by atoms with Crippen molar-refractivity contribution in [3.63, 3.8) is 0 Å². The zero-order valence-corrected chi connectivity index (χ0v) is 15.5. The number of nitrogens with zero attached hydrogens (tertiary/aromatic N) is 2. The summed E-state index contributed by atoms with van der Waals surface area (Å²) in [5.74, 6) is 1.82. The van der Waals surface area contributed by atoms with Crippen molar-refractivity contribution in [1.29, 1.82) is 5.26 Å². The number of benzene rings is 1. The van der Waals surface area contributed by atoms with Crippen LogP contribution in [0.2, 0.25) is 0 Å². The van der Waals surface area contributed by atoms with Crippen LogP contribution < -0.4 is 10.3 Å². The van der Waals surface area contributed by atoms with E-state index >= 15 is 0 Å². The van der Waals surface area contributed by atoms with Crippen LogP contribution in [-0.2, 0) is 12.8 Å². The number of hydrogen-bond acceptors (Lipinski definition) is 5. The van der Waals surface area contributed by atoms with E-state index in [9.17, 15) is 4.79 Å². The number of nitrogens with one attached hydrogen (secondary N) is 1. The summed E-state index contributed by atoms with van der Waals surface area (Å²) in [7, 11) is 0. The fourth-order valence-electron chi connectivity index (χ4n) is 3.43. The SMILES string of the molecule is C[C@@H]1CCc2c(sc3nc([C@@H](C)Oc4ccc(C#N)cc4)[nH]c(=O)c23)C1. The molecule has 1 aliphatic rings. The van der Waals surface area contributed by atoms with Gasteiger partial charge in [0.15, 0.2) is 11.9 Å². The number of fused-ring (bicyclic) bond motifs is 3. The summed E-state index contributed by atoms with van der Waals surface area (Å²) in [6.07, 6.45) is 2.72. The molecule has 0 fully saturated rings. The van der Waals surface area contributed by atoms with Gasteiger partial charge in [0.2, 0.25) is 0 Å². The molecule has 0 amide bonds. The number of H-pyrrole nitrogens is 1. The van der Waals surface area contributed by atoms with Gasteiger partial charge in [0.05, 0.1) is 17.0 Å². The molecule has 26 heavy (non-hydrogen) atoms. The average Bonchev–Trinajstić information content (AvgIpc) is 3.00. The van der Waals surface area contributed by atoms with E-state index in [4.69, 9.17) is 10.00 Å². The van der Waals surface area contributed by atoms with E-state index in [0.717, 1.165) is 29.5 Å². The highest BCUT2D eigenvalue weighted by atomic mass is 32.1. The fraction of sp³-hybridized carbons (Fsp3) is 0.350. The van der Waals surface area contributed by atoms with Gasteiger partial charge < -0.3 is 9.72 Å². The molecule has 3 aromatic rings. The Morgan fingerprint density at radius 1 is 1.38 bits per heavy atom. The minimum atomic E-state index is -0.391. The molecule has 0 bridgehead atoms. The van der Waals surface area contributed by atoms with Crippen molar-refractivity contribution in [3.05, 3.63) is 56.4 Å². The predicted molar refractivity (Wildman–Crippen MR) is 102 cm³/mol. The molecule has 1 N–H and O–H groups in total. The molecule has 2 aromatic heterocycles. The average molecular weight is 365 g/mol. The van der Waals surface area contributed by atoms with Crippen LogP contribution in [0.3, 0.4) is 0 Å². The Morgan fingerprint density at radius 2 is 2.15 bits per heavy atom. The Bertz CT molecular complexity index is 1060. The maximum absolute atomic E-state index is 12.7. The summed E-state index contributed by atoms with van der Waals surface area (Å²) in [5, 5.41) is 9.62. The molecule has 1 aromatic carbocycles. The topological polar surface area (TPSA) is 78.8 Å². The van der Waals surface area contributed by atoms with Gasteiger partial charge in [0, 0.05) is 4.88 Å². The third kappa shape index (κ3) is 2.99. The molecule has 0 radical (unpaired) electrons. The highest BCUT2D eigenvalue weighted by Crippen LogP contribution is 2.36. The van der Waals surface area contributed by atoms with Crippen molar-refractivity contribution in [1.82, 2.24) is 9.97 Å². The molecule has 0 saturated heterocycles. The highest BCUT2D eigenvalue weighted by Gasteiger charge is 2.24. The molecule has 0 unspecified atom stereocenters. The van der Waals surface area contributed by atoms with E-state index in [-0.39, 0.29) is 5.56 Å². The van der Waals surface area contributed by atoms with Crippen molar-refractivity contribution in [3.8, 4) is 11.8 Å². The van der Waals surface area contributed by atoms with Gasteiger partial charge in [-0.2, -0.15) is 5.26 Å². The zero-order valence-electron chi connectivity index (χ0n) is 14.7. The van der Waals surface area contributed by atoms with Crippen LogP contribution in [0.5, 0.6) is 5.75 Å². The number of aromatic amines is 1. The fourth-order valence-corrected chi connectivity index (χ4v) is 4.82. The second kappa shape index (κ2) is 6.58. The first-order chi connectivity index (χ1) is 12.5. The van der Waals surface area contributed by atoms with Crippen molar-refractivity contribution >= 4 is 21.6 Å². The smallest absolute Gasteiger partial charge is 0.260 e. The monoisotopic (exact) mass is 365 g/mol. The molecule has 0 saturated carbocycles. The number of aromatic nitrogens is 2. The zero-order chi connectivity index (χ0) is 18.3. The van der Waals surface area contributed by atoms with Crippen molar-refractivity contribution in [2.45, 2.75) is 39.2 Å². The van der Waals surface area contributed by atoms with Crippen LogP contribution in [0.1, 0.15) is 48.2 Å². The van der Waals surface area contributed by atoms with Crippen LogP contribution in [0.4, 0.5) is 0 Å². The summed E-state index contributed by atoms with van der Waals surface area (Å²) in [6.45, 7) is 4.11. The van der Waals surface area contributed by atoms with Crippen LogP contribution >= 0.6 is 11.3 Å². The first kappa shape index (κ1) is 16.8. The third-order valence-electron chi connectivity index (χ3n) is 4.87. The Morgan fingerprint density at radius 3 is 2.88 bits per heavy atom. The van der Waals surface area contributed by atoms with Gasteiger partial charge >= 0.3 is 0 Å². The minimum Gasteiger partial charge on any atom is -0.483 e. The maximum Gasteiger partial charge on any atom is 0.260 e. The lowest BCUT2D eigenvalue weighted by Gasteiger charge is -2.17. The van der Waals surface area contributed by atoms with E-state index in [0.29, 0.717) is 23.1 Å². The van der Waals surface area contributed by atoms with E-state index in [1.807, 2.05) is 6.92 Å². The Balaban J connectivity index is 1.66. The lowest BCUT2D eigenvalue weighted by molar-refractivity contribution is 0.216. The lowest BCUT2D eigenvalue weighted by Crippen LogP contribution is -2.17. The molecule has 1 aliphatic carbocycles. The summed E-state index contributed by atoms with van der Waals surface area (Å²) in [6, 6.07) is 8.98. The van der Waals surface area contributed by atoms with E-state index < -0.39 is 6.10 Å². The van der Waals surface area contributed by atoms with Crippen molar-refractivity contribution in [2.75, 3.05) is 0 Å². The summed E-state index contributed by atoms with van der Waals surface area (Å²) in [5.41, 5.74) is 1.69. The quantitative estimate of drug-likeness (QED) is 0.757. The molecule has 0 aliphatic heterocycles. The summed E-state index contributed by atoms with van der Waals surface area (Å²) < 4.78 is 5.89. The number of rotatable bonds is 3. The van der Waals surface area contributed by atoms with Gasteiger partial charge in [-0.3, -0.25) is 4.79 Å². The van der Waals surface area contributed by atoms with Crippen molar-refractivity contribution < 1.29 is 4.74 Å². The van der Waals surface area contributed by atoms with Crippen LogP contribution in [0.25, 0.3) is 10.2 Å². The summed E-state index contributed by atoms with van der Waals surface area (Å²) in [4.78, 5) is 22.4. The van der Waals surface area contributed by atoms with Gasteiger partial charge in [-0.25, -0.2) is 4.98 Å². The van der Waals surface area contributed by atoms with Crippen LogP contribution in [0, 0.1) is 17.2 Å². The van der Waals surface area contributed by atoms with E-state index in [2.05, 4.69) is 23.0 Å². The Hall–Kier alpha value is -2.65. The molecule has 2 heterocycles. The molecule has 5 nitrogen and oxygen atoms in total. The van der Waals surface area contributed by atoms with Crippen molar-refractivity contribution in [2.24, 2.45) is 5.92 Å². The number of hydrogen-bond donors (Lipinski definition) is 1. The predicted octanol–water partition coefficient (Wildman–Crippen LogP) is 4.12. The van der Waals surface area contributed by atoms with Gasteiger partial charge in [-0.15, -0.1) is 11.3 Å². The van der Waals surface area contributed by atoms with Crippen LogP contribution in [-0.4, -0.2) is 9.97 Å². The molecule has 6 heteroatoms. The molecule has 132 valence electrons. The first-order valence-corrected chi connectivity index (χ1v) is 9.58. The number of nitriles is 1. The number of ether oxygens (including phenoxy) is 1. The Kier molecular flexibility index (Phi) is 4.25. The van der Waals surface area contributed by atoms with Gasteiger partial charge in [-0.05, 0) is 61.9 Å². The van der Waals surface area contributed by atoms with E-state index in [1.54, 1.807) is 35.6 Å². The molecular weight excluding hydrogens is 346 g/mol. The normalized spacial score (nSPS) is 17.5. The van der Waals surface area contributed by atoms with Gasteiger partial charge in [-0.1, -0.05) is 6.92 Å². The number of thiophene rings is 1. The molecule has 4 rings (SSSR count). The van der Waals surface area contributed by atoms with Gasteiger partial charge in [0.1, 0.15) is 10.6 Å². The van der Waals surface area contributed by atoms with E-state index in [1.165, 1.54) is 10.4 Å². The van der Waals surface area contributed by atoms with Crippen LogP contribution in [0.15, 0.2) is 29.1 Å². The highest BCUT2D eigenvalue weighted by molar-refractivity contribution is 7.18. The second-order valence-corrected chi connectivity index (χ2v) is 7.96. The number of aryl methyl sites for hydroxylation is 1. The van der Waals surface area contributed by atoms with Gasteiger partial charge in [0.25, 0.3) is 5.56 Å². The first-order valence-electron chi connectivity index (χ1n) is 8.76. The second-order valence-electron chi connectivity index (χ2n) is 6.88. The minimum absolute atomic E-state index is 0.0765. The lowest BCUT2D eigenvalue weighted by atomic mass is 9.89. The molecule has 2 atom stereocenters. The third-order valence-corrected chi connectivity index (χ3v) is 6.01. The Labute approximate surface area is 155 Å². The maximum atomic E-state index is 12.7. The molecular formula is C20H19N3O2S. The summed E-state index contributed by atoms with van der Waals surface area (Å²) >= 11 is 1.64.